The van der Waals surface area contributed by atoms with E-state index < -0.39 is 0 Å². The molecule has 0 unspecified atom stereocenters. The first-order valence-corrected chi connectivity index (χ1v) is 5.99. The van der Waals surface area contributed by atoms with Crippen LogP contribution in [0.2, 0.25) is 0 Å². The van der Waals surface area contributed by atoms with Crippen molar-refractivity contribution in [1.29, 1.82) is 0 Å². The molecule has 1 aromatic heterocycles. The second kappa shape index (κ2) is 6.49. The highest BCUT2D eigenvalue weighted by Crippen LogP contribution is 2.10. The van der Waals surface area contributed by atoms with Gasteiger partial charge < -0.3 is 4.74 Å². The molecular weight excluding hydrogens is 244 g/mol. The summed E-state index contributed by atoms with van der Waals surface area (Å²) in [4.78, 5) is 14.4. The van der Waals surface area contributed by atoms with Crippen LogP contribution >= 0.6 is 0 Å². The van der Waals surface area contributed by atoms with Crippen molar-refractivity contribution in [3.63, 3.8) is 0 Å². The lowest BCUT2D eigenvalue weighted by molar-refractivity contribution is -0.790. The summed E-state index contributed by atoms with van der Waals surface area (Å²) in [7, 11) is 0. The van der Waals surface area contributed by atoms with Crippen LogP contribution in [-0.2, 0) is 13.0 Å². The quantitative estimate of drug-likeness (QED) is 0.809. The molecule has 2 rings (SSSR count). The molecule has 1 N–H and O–H groups in total. The van der Waals surface area contributed by atoms with E-state index in [1.807, 2.05) is 36.4 Å². The first-order valence-electron chi connectivity index (χ1n) is 5.99. The Balaban J connectivity index is 1.86. The van der Waals surface area contributed by atoms with Crippen molar-refractivity contribution in [2.24, 2.45) is 0 Å². The number of nitrogens with zero attached hydrogens (tertiary/aromatic N) is 2. The van der Waals surface area contributed by atoms with Crippen molar-refractivity contribution in [1.82, 2.24) is 4.98 Å². The fourth-order valence-electron chi connectivity index (χ4n) is 1.62. The van der Waals surface area contributed by atoms with Gasteiger partial charge in [-0.3, -0.25) is 0 Å². The summed E-state index contributed by atoms with van der Waals surface area (Å²) in [6.07, 6.45) is 2.20. The number of hydrogen-bond acceptors (Lipinski definition) is 3. The largest absolute Gasteiger partial charge is 0.473 e. The maximum absolute atomic E-state index is 10.4. The Hall–Kier alpha value is -2.43. The Labute approximate surface area is 111 Å². The zero-order chi connectivity index (χ0) is 13.5. The predicted octanol–water partition coefficient (Wildman–Crippen LogP) is 2.37. The maximum Gasteiger partial charge on any atom is 0.252 e. The van der Waals surface area contributed by atoms with Gasteiger partial charge in [0.05, 0.1) is 4.91 Å². The van der Waals surface area contributed by atoms with E-state index in [2.05, 4.69) is 4.98 Å². The molecule has 0 saturated heterocycles. The van der Waals surface area contributed by atoms with Crippen molar-refractivity contribution >= 4 is 0 Å². The Morgan fingerprint density at radius 1 is 1.11 bits per heavy atom. The Morgan fingerprint density at radius 2 is 1.84 bits per heavy atom. The van der Waals surface area contributed by atoms with Gasteiger partial charge >= 0.3 is 0 Å². The van der Waals surface area contributed by atoms with E-state index in [0.29, 0.717) is 18.9 Å². The van der Waals surface area contributed by atoms with Crippen LogP contribution in [0.5, 0.6) is 5.88 Å². The lowest BCUT2D eigenvalue weighted by Gasteiger charge is -2.05. The average Bonchev–Trinajstić information content (AvgIpc) is 2.45. The Kier molecular flexibility index (Phi) is 4.44. The summed E-state index contributed by atoms with van der Waals surface area (Å²) in [6.45, 7) is 0.523. The number of benzene rings is 1. The molecule has 0 radical (unpaired) electrons. The molecule has 1 aromatic carbocycles. The molecule has 0 aliphatic heterocycles. The van der Waals surface area contributed by atoms with Crippen LogP contribution in [0, 0.1) is 4.91 Å². The lowest BCUT2D eigenvalue weighted by Crippen LogP contribution is -2.06. The fourth-order valence-corrected chi connectivity index (χ4v) is 1.62. The number of pyridine rings is 1. The van der Waals surface area contributed by atoms with Gasteiger partial charge in [0.25, 0.3) is 6.54 Å². The van der Waals surface area contributed by atoms with Gasteiger partial charge in [-0.25, -0.2) is 10.2 Å². The molecule has 5 heteroatoms. The van der Waals surface area contributed by atoms with Gasteiger partial charge in [-0.1, -0.05) is 30.3 Å². The highest BCUT2D eigenvalue weighted by Gasteiger charge is 2.04. The zero-order valence-corrected chi connectivity index (χ0v) is 10.4. The molecule has 98 valence electrons. The van der Waals surface area contributed by atoms with Crippen molar-refractivity contribution in [2.75, 3.05) is 6.54 Å². The van der Waals surface area contributed by atoms with E-state index in [1.54, 1.807) is 12.3 Å². The predicted molar refractivity (Wildman–Crippen MR) is 69.0 cm³/mol. The van der Waals surface area contributed by atoms with E-state index in [0.717, 1.165) is 11.1 Å². The summed E-state index contributed by atoms with van der Waals surface area (Å²) in [5.74, 6) is 0.592. The normalized spacial score (nSPS) is 10.1. The van der Waals surface area contributed by atoms with Gasteiger partial charge in [0.2, 0.25) is 10.8 Å². The van der Waals surface area contributed by atoms with Crippen LogP contribution in [0.15, 0.2) is 48.7 Å². The van der Waals surface area contributed by atoms with Crippen LogP contribution in [0.3, 0.4) is 0 Å². The zero-order valence-electron chi connectivity index (χ0n) is 10.4. The average molecular weight is 259 g/mol. The summed E-state index contributed by atoms with van der Waals surface area (Å²) in [5, 5.41) is 8.53. The summed E-state index contributed by atoms with van der Waals surface area (Å²) < 4.78 is 5.52. The molecule has 1 heterocycles. The summed E-state index contributed by atoms with van der Waals surface area (Å²) in [5.41, 5.74) is 2.02. The van der Waals surface area contributed by atoms with E-state index in [-0.39, 0.29) is 11.5 Å². The smallest absolute Gasteiger partial charge is 0.252 e. The monoisotopic (exact) mass is 259 g/mol. The highest BCUT2D eigenvalue weighted by atomic mass is 16.6. The minimum Gasteiger partial charge on any atom is -0.473 e. The number of rotatable bonds is 6. The SMILES string of the molecule is O=[N+](O)CCc1ccc(COc2ccccn2)cc1. The van der Waals surface area contributed by atoms with Gasteiger partial charge in [-0.15, -0.1) is 0 Å². The van der Waals surface area contributed by atoms with Crippen LogP contribution < -0.4 is 4.74 Å². The van der Waals surface area contributed by atoms with Crippen LogP contribution in [0.1, 0.15) is 11.1 Å². The van der Waals surface area contributed by atoms with Gasteiger partial charge in [0, 0.05) is 18.7 Å². The maximum atomic E-state index is 10.4. The molecule has 0 amide bonds. The van der Waals surface area contributed by atoms with E-state index in [4.69, 9.17) is 9.94 Å². The number of hydrogen-bond donors (Lipinski definition) is 1. The molecule has 0 aliphatic rings. The molecule has 0 saturated carbocycles. The van der Waals surface area contributed by atoms with Crippen LogP contribution in [0.4, 0.5) is 0 Å². The lowest BCUT2D eigenvalue weighted by atomic mass is 10.1. The highest BCUT2D eigenvalue weighted by molar-refractivity contribution is 5.22. The number of ether oxygens (including phenoxy) is 1. The number of aromatic nitrogens is 1. The molecule has 0 aliphatic carbocycles. The molecule has 0 atom stereocenters. The molecule has 0 bridgehead atoms. The van der Waals surface area contributed by atoms with Gasteiger partial charge in [-0.2, -0.15) is 0 Å². The molecule has 2 aromatic rings. The molecule has 0 spiro atoms. The first kappa shape index (κ1) is 13.0. The van der Waals surface area contributed by atoms with Gasteiger partial charge in [0.15, 0.2) is 0 Å². The molecule has 5 nitrogen and oxygen atoms in total. The Bertz CT molecular complexity index is 526. The van der Waals surface area contributed by atoms with E-state index in [1.165, 1.54) is 0 Å². The second-order valence-corrected chi connectivity index (χ2v) is 4.10. The van der Waals surface area contributed by atoms with Crippen molar-refractivity contribution < 1.29 is 14.9 Å². The molecule has 0 fully saturated rings. The van der Waals surface area contributed by atoms with Crippen molar-refractivity contribution in [3.8, 4) is 5.88 Å². The third-order valence-electron chi connectivity index (χ3n) is 2.64. The third-order valence-corrected chi connectivity index (χ3v) is 2.64. The minimum absolute atomic E-state index is 0.0574. The van der Waals surface area contributed by atoms with Crippen molar-refractivity contribution in [3.05, 3.63) is 64.7 Å². The minimum atomic E-state index is -0.0574. The van der Waals surface area contributed by atoms with E-state index in [9.17, 15) is 4.91 Å². The summed E-state index contributed by atoms with van der Waals surface area (Å²) >= 11 is 0. The topological polar surface area (TPSA) is 62.4 Å². The second-order valence-electron chi connectivity index (χ2n) is 4.10. The van der Waals surface area contributed by atoms with Crippen LogP contribution in [0.25, 0.3) is 0 Å². The van der Waals surface area contributed by atoms with Crippen LogP contribution in [-0.4, -0.2) is 21.7 Å². The van der Waals surface area contributed by atoms with E-state index >= 15 is 0 Å². The molecular formula is C14H15N2O3+. The third kappa shape index (κ3) is 4.39. The first-order chi connectivity index (χ1) is 9.24. The van der Waals surface area contributed by atoms with Gasteiger partial charge in [0.1, 0.15) is 6.61 Å². The van der Waals surface area contributed by atoms with Crippen molar-refractivity contribution in [2.45, 2.75) is 13.0 Å². The van der Waals surface area contributed by atoms with Gasteiger partial charge in [-0.05, 0) is 17.2 Å². The Morgan fingerprint density at radius 3 is 2.47 bits per heavy atom. The standard InChI is InChI=1S/C14H15N2O3/c17-16(18)10-8-12-4-6-13(7-5-12)11-19-14-3-1-2-9-15-14/h1-7,9H,8,10-11H2,(H,17,18)/q+1. The fraction of sp³-hybridized carbons (Fsp3) is 0.214. The molecule has 19 heavy (non-hydrogen) atoms. The summed E-state index contributed by atoms with van der Waals surface area (Å²) in [6, 6.07) is 13.2.